The van der Waals surface area contributed by atoms with Crippen LogP contribution in [0.4, 0.5) is 4.39 Å². The van der Waals surface area contributed by atoms with E-state index < -0.39 is 21.7 Å². The zero-order valence-electron chi connectivity index (χ0n) is 14.0. The van der Waals surface area contributed by atoms with Gasteiger partial charge < -0.3 is 5.32 Å². The number of carbonyl (C=O) groups excluding carboxylic acids is 1. The first-order valence-electron chi connectivity index (χ1n) is 7.57. The largest absolute Gasteiger partial charge is 0.348 e. The third kappa shape index (κ3) is 4.94. The average molecular weight is 419 g/mol. The fourth-order valence-corrected chi connectivity index (χ4v) is 3.66. The van der Waals surface area contributed by atoms with E-state index in [2.05, 4.69) is 5.32 Å². The Bertz CT molecular complexity index is 905. The number of hydrogen-bond donors (Lipinski definition) is 1. The van der Waals surface area contributed by atoms with Crippen molar-refractivity contribution in [3.8, 4) is 0 Å². The number of benzene rings is 2. The smallest absolute Gasteiger partial charge is 0.243 e. The standard InChI is InChI=1S/C17H17Cl2FN2O3S/c1-11(12-3-8-15(18)16(19)9-12)21-17(23)10-22(2)26(24,25)14-6-4-13(20)5-7-14/h3-9,11H,10H2,1-2H3,(H,21,23). The molecule has 0 radical (unpaired) electrons. The van der Waals surface area contributed by atoms with E-state index in [1.807, 2.05) is 0 Å². The Balaban J connectivity index is 2.04. The van der Waals surface area contributed by atoms with Crippen molar-refractivity contribution in [3.05, 3.63) is 63.9 Å². The third-order valence-corrected chi connectivity index (χ3v) is 6.27. The Morgan fingerprint density at radius 1 is 1.15 bits per heavy atom. The van der Waals surface area contributed by atoms with Gasteiger partial charge in [-0.3, -0.25) is 4.79 Å². The summed E-state index contributed by atoms with van der Waals surface area (Å²) in [5.74, 6) is -1.03. The van der Waals surface area contributed by atoms with Crippen molar-refractivity contribution in [2.75, 3.05) is 13.6 Å². The van der Waals surface area contributed by atoms with Crippen molar-refractivity contribution >= 4 is 39.1 Å². The van der Waals surface area contributed by atoms with Crippen LogP contribution in [0.5, 0.6) is 0 Å². The molecule has 0 aliphatic carbocycles. The summed E-state index contributed by atoms with van der Waals surface area (Å²) in [6, 6.07) is 8.98. The van der Waals surface area contributed by atoms with Crippen molar-refractivity contribution in [2.24, 2.45) is 0 Å². The lowest BCUT2D eigenvalue weighted by atomic mass is 10.1. The number of amides is 1. The number of hydrogen-bond acceptors (Lipinski definition) is 3. The Kier molecular flexibility index (Phi) is 6.63. The first-order chi connectivity index (χ1) is 12.1. The molecule has 0 saturated carbocycles. The normalized spacial score (nSPS) is 12.8. The summed E-state index contributed by atoms with van der Waals surface area (Å²) in [5, 5.41) is 3.46. The van der Waals surface area contributed by atoms with Gasteiger partial charge in [-0.1, -0.05) is 29.3 Å². The molecule has 2 aromatic carbocycles. The quantitative estimate of drug-likeness (QED) is 0.778. The minimum atomic E-state index is -3.90. The molecule has 1 unspecified atom stereocenters. The molecule has 9 heteroatoms. The minimum Gasteiger partial charge on any atom is -0.348 e. The molecule has 0 fully saturated rings. The lowest BCUT2D eigenvalue weighted by molar-refractivity contribution is -0.121. The number of carbonyl (C=O) groups is 1. The molecule has 0 aliphatic rings. The summed E-state index contributed by atoms with van der Waals surface area (Å²) >= 11 is 11.8. The first-order valence-corrected chi connectivity index (χ1v) is 9.77. The van der Waals surface area contributed by atoms with E-state index in [1.54, 1.807) is 25.1 Å². The van der Waals surface area contributed by atoms with E-state index in [-0.39, 0.29) is 17.5 Å². The number of nitrogens with one attached hydrogen (secondary N) is 1. The predicted octanol–water partition coefficient (Wildman–Crippen LogP) is 3.63. The van der Waals surface area contributed by atoms with E-state index in [4.69, 9.17) is 23.2 Å². The highest BCUT2D eigenvalue weighted by atomic mass is 35.5. The van der Waals surface area contributed by atoms with Crippen LogP contribution >= 0.6 is 23.2 Å². The maximum absolute atomic E-state index is 13.0. The number of sulfonamides is 1. The second-order valence-electron chi connectivity index (χ2n) is 5.68. The highest BCUT2D eigenvalue weighted by Crippen LogP contribution is 2.25. The highest BCUT2D eigenvalue weighted by Gasteiger charge is 2.23. The van der Waals surface area contributed by atoms with Crippen LogP contribution in [0.15, 0.2) is 47.4 Å². The van der Waals surface area contributed by atoms with Gasteiger partial charge in [-0.05, 0) is 48.9 Å². The maximum atomic E-state index is 13.0. The van der Waals surface area contributed by atoms with Crippen LogP contribution in [0.3, 0.4) is 0 Å². The second-order valence-corrected chi connectivity index (χ2v) is 8.54. The predicted molar refractivity (Wildman–Crippen MR) is 99.2 cm³/mol. The van der Waals surface area contributed by atoms with Crippen LogP contribution in [0.25, 0.3) is 0 Å². The molecule has 0 saturated heterocycles. The van der Waals surface area contributed by atoms with E-state index in [1.165, 1.54) is 7.05 Å². The molecule has 1 atom stereocenters. The summed E-state index contributed by atoms with van der Waals surface area (Å²) in [5.41, 5.74) is 0.733. The van der Waals surface area contributed by atoms with Gasteiger partial charge in [0.25, 0.3) is 0 Å². The van der Waals surface area contributed by atoms with Crippen LogP contribution < -0.4 is 5.32 Å². The van der Waals surface area contributed by atoms with Gasteiger partial charge >= 0.3 is 0 Å². The van der Waals surface area contributed by atoms with Crippen molar-refractivity contribution in [3.63, 3.8) is 0 Å². The van der Waals surface area contributed by atoms with Crippen molar-refractivity contribution in [2.45, 2.75) is 17.9 Å². The Morgan fingerprint density at radius 3 is 2.35 bits per heavy atom. The highest BCUT2D eigenvalue weighted by molar-refractivity contribution is 7.89. The molecule has 0 spiro atoms. The van der Waals surface area contributed by atoms with E-state index in [0.29, 0.717) is 10.0 Å². The van der Waals surface area contributed by atoms with E-state index in [0.717, 1.165) is 34.1 Å². The second kappa shape index (κ2) is 8.35. The summed E-state index contributed by atoms with van der Waals surface area (Å²) < 4.78 is 38.7. The lowest BCUT2D eigenvalue weighted by Crippen LogP contribution is -2.39. The zero-order chi connectivity index (χ0) is 19.5. The molecule has 0 aromatic heterocycles. The Morgan fingerprint density at radius 2 is 1.77 bits per heavy atom. The minimum absolute atomic E-state index is 0.0910. The monoisotopic (exact) mass is 418 g/mol. The molecule has 26 heavy (non-hydrogen) atoms. The van der Waals surface area contributed by atoms with Crippen LogP contribution in [0, 0.1) is 5.82 Å². The topological polar surface area (TPSA) is 66.5 Å². The van der Waals surface area contributed by atoms with Crippen molar-refractivity contribution in [1.82, 2.24) is 9.62 Å². The van der Waals surface area contributed by atoms with Crippen molar-refractivity contribution < 1.29 is 17.6 Å². The Labute approximate surface area is 161 Å². The maximum Gasteiger partial charge on any atom is 0.243 e. The number of rotatable bonds is 6. The van der Waals surface area contributed by atoms with Gasteiger partial charge in [-0.2, -0.15) is 4.31 Å². The van der Waals surface area contributed by atoms with Gasteiger partial charge in [-0.15, -0.1) is 0 Å². The van der Waals surface area contributed by atoms with Crippen LogP contribution in [-0.4, -0.2) is 32.2 Å². The summed E-state index contributed by atoms with van der Waals surface area (Å²) in [6.45, 7) is 1.36. The van der Waals surface area contributed by atoms with Gasteiger partial charge in [-0.25, -0.2) is 12.8 Å². The fourth-order valence-electron chi connectivity index (χ4n) is 2.23. The van der Waals surface area contributed by atoms with Gasteiger partial charge in [0.2, 0.25) is 15.9 Å². The molecule has 2 aromatic rings. The summed E-state index contributed by atoms with van der Waals surface area (Å²) in [4.78, 5) is 12.1. The third-order valence-electron chi connectivity index (χ3n) is 3.71. The van der Waals surface area contributed by atoms with Crippen LogP contribution in [-0.2, 0) is 14.8 Å². The summed E-state index contributed by atoms with van der Waals surface area (Å²) in [7, 11) is -2.62. The SMILES string of the molecule is CC(NC(=O)CN(C)S(=O)(=O)c1ccc(F)cc1)c1ccc(Cl)c(Cl)c1. The Hall–Kier alpha value is -1.67. The molecule has 1 amide bonds. The lowest BCUT2D eigenvalue weighted by Gasteiger charge is -2.19. The molecule has 0 aliphatic heterocycles. The van der Waals surface area contributed by atoms with Gasteiger partial charge in [0.05, 0.1) is 27.5 Å². The average Bonchev–Trinajstić information content (AvgIpc) is 2.57. The van der Waals surface area contributed by atoms with Crippen LogP contribution in [0.1, 0.15) is 18.5 Å². The molecule has 0 bridgehead atoms. The number of halogens is 3. The fraction of sp³-hybridized carbons (Fsp3) is 0.235. The summed E-state index contributed by atoms with van der Waals surface area (Å²) in [6.07, 6.45) is 0. The van der Waals surface area contributed by atoms with Crippen molar-refractivity contribution in [1.29, 1.82) is 0 Å². The first kappa shape index (κ1) is 20.6. The van der Waals surface area contributed by atoms with Gasteiger partial charge in [0.1, 0.15) is 5.82 Å². The molecule has 0 heterocycles. The molecular weight excluding hydrogens is 402 g/mol. The molecule has 5 nitrogen and oxygen atoms in total. The molecule has 1 N–H and O–H groups in total. The number of likely N-dealkylation sites (N-methyl/N-ethyl adjacent to an activating group) is 1. The number of nitrogens with zero attached hydrogens (tertiary/aromatic N) is 1. The van der Waals surface area contributed by atoms with Gasteiger partial charge in [0, 0.05) is 7.05 Å². The van der Waals surface area contributed by atoms with Crippen LogP contribution in [0.2, 0.25) is 10.0 Å². The van der Waals surface area contributed by atoms with Gasteiger partial charge in [0.15, 0.2) is 0 Å². The molecule has 140 valence electrons. The molecular formula is C17H17Cl2FN2O3S. The van der Waals surface area contributed by atoms with E-state index in [9.17, 15) is 17.6 Å². The zero-order valence-corrected chi connectivity index (χ0v) is 16.4. The van der Waals surface area contributed by atoms with E-state index >= 15 is 0 Å². The molecule has 2 rings (SSSR count).